The second-order valence-corrected chi connectivity index (χ2v) is 4.35. The van der Waals surface area contributed by atoms with Crippen molar-refractivity contribution in [2.24, 2.45) is 5.73 Å². The third kappa shape index (κ3) is 3.62. The molecule has 0 saturated heterocycles. The molecule has 1 rings (SSSR count). The van der Waals surface area contributed by atoms with Crippen LogP contribution in [0.25, 0.3) is 0 Å². The maximum absolute atomic E-state index is 11.7. The quantitative estimate of drug-likeness (QED) is 0.741. The van der Waals surface area contributed by atoms with Crippen molar-refractivity contribution in [3.8, 4) is 0 Å². The van der Waals surface area contributed by atoms with Gasteiger partial charge in [-0.05, 0) is 20.3 Å². The van der Waals surface area contributed by atoms with Crippen LogP contribution >= 0.6 is 0 Å². The number of nitrogens with zero attached hydrogens (tertiary/aromatic N) is 3. The Bertz CT molecular complexity index is 358. The van der Waals surface area contributed by atoms with Crippen molar-refractivity contribution in [3.05, 3.63) is 12.2 Å². The molecule has 0 saturated carbocycles. The number of hydrogen-bond donors (Lipinski definition) is 2. The van der Waals surface area contributed by atoms with Crippen LogP contribution in [0.1, 0.15) is 33.0 Å². The van der Waals surface area contributed by atoms with Gasteiger partial charge in [-0.15, -0.1) is 0 Å². The van der Waals surface area contributed by atoms with Crippen LogP contribution in [0, 0.1) is 0 Å². The first-order valence-electron chi connectivity index (χ1n) is 5.36. The topological polar surface area (TPSA) is 85.8 Å². The van der Waals surface area contributed by atoms with Crippen molar-refractivity contribution < 1.29 is 4.79 Å². The van der Waals surface area contributed by atoms with Gasteiger partial charge in [0.25, 0.3) is 0 Å². The SMILES string of the molecule is CCC(C)(C)NC(=O)Cn1cnc(CN)n1. The van der Waals surface area contributed by atoms with Gasteiger partial charge in [0, 0.05) is 5.54 Å². The summed E-state index contributed by atoms with van der Waals surface area (Å²) in [4.78, 5) is 15.6. The largest absolute Gasteiger partial charge is 0.350 e. The Balaban J connectivity index is 2.51. The van der Waals surface area contributed by atoms with Crippen LogP contribution in [-0.4, -0.2) is 26.2 Å². The standard InChI is InChI=1S/C10H19N5O/c1-4-10(2,3)13-9(16)6-15-7-12-8(5-11)14-15/h7H,4-6,11H2,1-3H3,(H,13,16). The van der Waals surface area contributed by atoms with Crippen LogP contribution in [0.2, 0.25) is 0 Å². The lowest BCUT2D eigenvalue weighted by Crippen LogP contribution is -2.44. The molecular formula is C10H19N5O. The minimum atomic E-state index is -0.186. The Morgan fingerprint density at radius 1 is 1.62 bits per heavy atom. The third-order valence-corrected chi connectivity index (χ3v) is 2.43. The van der Waals surface area contributed by atoms with Gasteiger partial charge in [-0.1, -0.05) is 6.92 Å². The van der Waals surface area contributed by atoms with Crippen LogP contribution in [0.4, 0.5) is 0 Å². The van der Waals surface area contributed by atoms with Crippen molar-refractivity contribution >= 4 is 5.91 Å². The Morgan fingerprint density at radius 3 is 2.81 bits per heavy atom. The number of rotatable bonds is 5. The summed E-state index contributed by atoms with van der Waals surface area (Å²) in [6, 6.07) is 0. The Labute approximate surface area is 95.2 Å². The van der Waals surface area contributed by atoms with Gasteiger partial charge in [0.05, 0.1) is 6.54 Å². The van der Waals surface area contributed by atoms with Crippen LogP contribution in [0.3, 0.4) is 0 Å². The van der Waals surface area contributed by atoms with Gasteiger partial charge in [-0.3, -0.25) is 4.79 Å². The molecule has 1 aromatic rings. The number of nitrogens with two attached hydrogens (primary N) is 1. The highest BCUT2D eigenvalue weighted by Gasteiger charge is 2.17. The number of aromatic nitrogens is 3. The molecule has 0 aromatic carbocycles. The third-order valence-electron chi connectivity index (χ3n) is 2.43. The van der Waals surface area contributed by atoms with E-state index < -0.39 is 0 Å². The first-order chi connectivity index (χ1) is 7.46. The van der Waals surface area contributed by atoms with E-state index in [1.807, 2.05) is 20.8 Å². The molecular weight excluding hydrogens is 206 g/mol. The molecule has 90 valence electrons. The fraction of sp³-hybridized carbons (Fsp3) is 0.700. The van der Waals surface area contributed by atoms with E-state index in [0.717, 1.165) is 6.42 Å². The Hall–Kier alpha value is -1.43. The molecule has 0 aliphatic carbocycles. The van der Waals surface area contributed by atoms with Crippen LogP contribution in [-0.2, 0) is 17.9 Å². The summed E-state index contributed by atoms with van der Waals surface area (Å²) in [5.74, 6) is 0.475. The average Bonchev–Trinajstić information content (AvgIpc) is 2.64. The average molecular weight is 225 g/mol. The zero-order chi connectivity index (χ0) is 12.2. The summed E-state index contributed by atoms with van der Waals surface area (Å²) in [7, 11) is 0. The van der Waals surface area contributed by atoms with Gasteiger partial charge >= 0.3 is 0 Å². The summed E-state index contributed by atoms with van der Waals surface area (Å²) >= 11 is 0. The molecule has 16 heavy (non-hydrogen) atoms. The summed E-state index contributed by atoms with van der Waals surface area (Å²) in [5.41, 5.74) is 5.19. The molecule has 0 aliphatic heterocycles. The molecule has 0 unspecified atom stereocenters. The van der Waals surface area contributed by atoms with E-state index in [2.05, 4.69) is 15.4 Å². The van der Waals surface area contributed by atoms with E-state index in [1.54, 1.807) is 0 Å². The van der Waals surface area contributed by atoms with Gasteiger partial charge in [0.2, 0.25) is 5.91 Å². The molecule has 0 bridgehead atoms. The minimum absolute atomic E-state index is 0.0691. The van der Waals surface area contributed by atoms with Gasteiger partial charge in [0.15, 0.2) is 5.82 Å². The minimum Gasteiger partial charge on any atom is -0.350 e. The van der Waals surface area contributed by atoms with E-state index in [-0.39, 0.29) is 24.5 Å². The van der Waals surface area contributed by atoms with Crippen molar-refractivity contribution in [2.75, 3.05) is 0 Å². The molecule has 3 N–H and O–H groups in total. The van der Waals surface area contributed by atoms with Crippen LogP contribution in [0.15, 0.2) is 6.33 Å². The summed E-state index contributed by atoms with van der Waals surface area (Å²) in [6.07, 6.45) is 2.39. The van der Waals surface area contributed by atoms with Crippen LogP contribution < -0.4 is 11.1 Å². The molecule has 0 fully saturated rings. The van der Waals surface area contributed by atoms with Crippen molar-refractivity contribution in [3.63, 3.8) is 0 Å². The number of carbonyl (C=O) groups is 1. The number of carbonyl (C=O) groups excluding carboxylic acids is 1. The summed E-state index contributed by atoms with van der Waals surface area (Å²) in [6.45, 7) is 6.46. The second kappa shape index (κ2) is 5.07. The van der Waals surface area contributed by atoms with Gasteiger partial charge < -0.3 is 11.1 Å². The van der Waals surface area contributed by atoms with E-state index in [9.17, 15) is 4.79 Å². The molecule has 1 amide bonds. The Kier molecular flexibility index (Phi) is 4.00. The number of nitrogens with one attached hydrogen (secondary N) is 1. The maximum Gasteiger partial charge on any atom is 0.242 e. The van der Waals surface area contributed by atoms with E-state index in [0.29, 0.717) is 5.82 Å². The van der Waals surface area contributed by atoms with Crippen LogP contribution in [0.5, 0.6) is 0 Å². The summed E-state index contributed by atoms with van der Waals surface area (Å²) in [5, 5.41) is 6.97. The molecule has 0 atom stereocenters. The molecule has 0 spiro atoms. The predicted octanol–water partition coefficient (Wildman–Crippen LogP) is 0.0416. The molecule has 6 nitrogen and oxygen atoms in total. The Morgan fingerprint density at radius 2 is 2.31 bits per heavy atom. The fourth-order valence-corrected chi connectivity index (χ4v) is 1.16. The maximum atomic E-state index is 11.7. The molecule has 6 heteroatoms. The van der Waals surface area contributed by atoms with Gasteiger partial charge in [-0.2, -0.15) is 5.10 Å². The van der Waals surface area contributed by atoms with E-state index in [4.69, 9.17) is 5.73 Å². The highest BCUT2D eigenvalue weighted by atomic mass is 16.2. The fourth-order valence-electron chi connectivity index (χ4n) is 1.16. The first-order valence-corrected chi connectivity index (χ1v) is 5.36. The van der Waals surface area contributed by atoms with Gasteiger partial charge in [-0.25, -0.2) is 9.67 Å². The highest BCUT2D eigenvalue weighted by Crippen LogP contribution is 2.06. The lowest BCUT2D eigenvalue weighted by Gasteiger charge is -2.24. The highest BCUT2D eigenvalue weighted by molar-refractivity contribution is 5.76. The second-order valence-electron chi connectivity index (χ2n) is 4.35. The lowest BCUT2D eigenvalue weighted by atomic mass is 10.0. The first kappa shape index (κ1) is 12.6. The number of amides is 1. The van der Waals surface area contributed by atoms with Crippen molar-refractivity contribution in [1.82, 2.24) is 20.1 Å². The van der Waals surface area contributed by atoms with Crippen molar-refractivity contribution in [1.29, 1.82) is 0 Å². The zero-order valence-electron chi connectivity index (χ0n) is 10.0. The molecule has 1 heterocycles. The molecule has 0 radical (unpaired) electrons. The van der Waals surface area contributed by atoms with Gasteiger partial charge in [0.1, 0.15) is 12.9 Å². The monoisotopic (exact) mass is 225 g/mol. The number of hydrogen-bond acceptors (Lipinski definition) is 4. The lowest BCUT2D eigenvalue weighted by molar-refractivity contribution is -0.123. The normalized spacial score (nSPS) is 11.5. The molecule has 1 aromatic heterocycles. The smallest absolute Gasteiger partial charge is 0.242 e. The van der Waals surface area contributed by atoms with E-state index in [1.165, 1.54) is 11.0 Å². The van der Waals surface area contributed by atoms with Crippen molar-refractivity contribution in [2.45, 2.75) is 45.8 Å². The zero-order valence-corrected chi connectivity index (χ0v) is 10.0. The predicted molar refractivity (Wildman–Crippen MR) is 60.4 cm³/mol. The molecule has 0 aliphatic rings. The van der Waals surface area contributed by atoms with E-state index >= 15 is 0 Å². The summed E-state index contributed by atoms with van der Waals surface area (Å²) < 4.78 is 1.49.